The molecule has 1 saturated heterocycles. The summed E-state index contributed by atoms with van der Waals surface area (Å²) in [5.74, 6) is 1.48. The Morgan fingerprint density at radius 1 is 1.29 bits per heavy atom. The molecule has 6 nitrogen and oxygen atoms in total. The van der Waals surface area contributed by atoms with E-state index in [1.807, 2.05) is 6.07 Å². The van der Waals surface area contributed by atoms with E-state index in [-0.39, 0.29) is 17.3 Å². The largest absolute Gasteiger partial charge is 0.504 e. The van der Waals surface area contributed by atoms with Crippen molar-refractivity contribution in [1.82, 2.24) is 4.90 Å². The molecular weight excluding hydrogens is 394 g/mol. The summed E-state index contributed by atoms with van der Waals surface area (Å²) in [6.45, 7) is 2.17. The molecule has 6 heteroatoms. The maximum atomic E-state index is 11.8. The number of esters is 1. The van der Waals surface area contributed by atoms with Gasteiger partial charge < -0.3 is 19.7 Å². The fourth-order valence-corrected chi connectivity index (χ4v) is 6.68. The summed E-state index contributed by atoms with van der Waals surface area (Å²) in [4.78, 5) is 14.5. The molecule has 0 spiro atoms. The van der Waals surface area contributed by atoms with Gasteiger partial charge in [0.2, 0.25) is 0 Å². The molecule has 1 aliphatic heterocycles. The number of piperidine rings is 1. The Morgan fingerprint density at radius 3 is 2.81 bits per heavy atom. The fourth-order valence-electron chi connectivity index (χ4n) is 6.68. The van der Waals surface area contributed by atoms with Gasteiger partial charge in [-0.1, -0.05) is 0 Å². The van der Waals surface area contributed by atoms with Crippen molar-refractivity contribution in [3.05, 3.63) is 28.8 Å². The first-order valence-electron chi connectivity index (χ1n) is 11.6. The molecule has 0 radical (unpaired) electrons. The van der Waals surface area contributed by atoms with E-state index in [9.17, 15) is 15.0 Å². The summed E-state index contributed by atoms with van der Waals surface area (Å²) in [6, 6.07) is 2.23. The van der Waals surface area contributed by atoms with Gasteiger partial charge in [-0.05, 0) is 86.6 Å². The number of phenols is 1. The zero-order chi connectivity index (χ0) is 21.8. The molecule has 3 aliphatic carbocycles. The first kappa shape index (κ1) is 20.8. The summed E-state index contributed by atoms with van der Waals surface area (Å²) >= 11 is 0. The second-order valence-corrected chi connectivity index (χ2v) is 9.88. The van der Waals surface area contributed by atoms with Crippen molar-refractivity contribution in [3.8, 4) is 11.5 Å². The van der Waals surface area contributed by atoms with E-state index in [4.69, 9.17) is 9.47 Å². The molecule has 3 unspecified atom stereocenters. The Kier molecular flexibility index (Phi) is 5.25. The summed E-state index contributed by atoms with van der Waals surface area (Å²) in [6.07, 6.45) is 9.81. The molecule has 2 N–H and O–H groups in total. The predicted molar refractivity (Wildman–Crippen MR) is 117 cm³/mol. The van der Waals surface area contributed by atoms with Gasteiger partial charge in [0.15, 0.2) is 11.5 Å². The van der Waals surface area contributed by atoms with Crippen molar-refractivity contribution >= 4 is 12.0 Å². The van der Waals surface area contributed by atoms with E-state index in [0.29, 0.717) is 24.1 Å². The lowest BCUT2D eigenvalue weighted by Gasteiger charge is -2.60. The minimum atomic E-state index is -0.406. The second-order valence-electron chi connectivity index (χ2n) is 9.88. The third-order valence-electron chi connectivity index (χ3n) is 8.23. The van der Waals surface area contributed by atoms with E-state index >= 15 is 0 Å². The molecule has 4 atom stereocenters. The van der Waals surface area contributed by atoms with Gasteiger partial charge in [-0.15, -0.1) is 0 Å². The lowest BCUT2D eigenvalue weighted by molar-refractivity contribution is -0.134. The first-order valence-corrected chi connectivity index (χ1v) is 11.6. The van der Waals surface area contributed by atoms with Crippen molar-refractivity contribution in [1.29, 1.82) is 0 Å². The fraction of sp³-hybridized carbons (Fsp3) is 0.640. The molecular formula is C25H33NO5. The Hall–Kier alpha value is -2.05. The molecule has 1 heterocycles. The summed E-state index contributed by atoms with van der Waals surface area (Å²) < 4.78 is 10.3. The number of hydrogen-bond acceptors (Lipinski definition) is 6. The average Bonchev–Trinajstić information content (AvgIpc) is 3.58. The maximum absolute atomic E-state index is 11.8. The number of aliphatic hydroxyl groups excluding tert-OH is 1. The second kappa shape index (κ2) is 7.82. The average molecular weight is 428 g/mol. The molecule has 2 bridgehead atoms. The minimum Gasteiger partial charge on any atom is -0.504 e. The highest BCUT2D eigenvalue weighted by atomic mass is 16.5. The van der Waals surface area contributed by atoms with Crippen molar-refractivity contribution in [3.63, 3.8) is 0 Å². The lowest BCUT2D eigenvalue weighted by atomic mass is 9.51. The number of hydrogen-bond donors (Lipinski definition) is 2. The predicted octanol–water partition coefficient (Wildman–Crippen LogP) is 3.03. The van der Waals surface area contributed by atoms with Crippen molar-refractivity contribution in [2.24, 2.45) is 11.8 Å². The van der Waals surface area contributed by atoms with Crippen LogP contribution < -0.4 is 4.74 Å². The number of aliphatic hydroxyl groups is 1. The number of fused-ring (bicyclic) bond motifs is 1. The number of carbonyl (C=O) groups is 1. The molecule has 31 heavy (non-hydrogen) atoms. The normalized spacial score (nSPS) is 32.4. The Labute approximate surface area is 183 Å². The van der Waals surface area contributed by atoms with E-state index < -0.39 is 5.97 Å². The van der Waals surface area contributed by atoms with Crippen LogP contribution in [0.5, 0.6) is 11.5 Å². The monoisotopic (exact) mass is 427 g/mol. The van der Waals surface area contributed by atoms with Crippen LogP contribution in [0, 0.1) is 11.8 Å². The van der Waals surface area contributed by atoms with Crippen molar-refractivity contribution in [2.45, 2.75) is 62.5 Å². The Balaban J connectivity index is 1.66. The van der Waals surface area contributed by atoms with Crippen LogP contribution in [0.25, 0.3) is 6.08 Å². The number of benzene rings is 1. The zero-order valence-corrected chi connectivity index (χ0v) is 18.5. The molecule has 1 aromatic carbocycles. The molecule has 1 aromatic rings. The molecule has 5 rings (SSSR count). The van der Waals surface area contributed by atoms with Gasteiger partial charge in [0.05, 0.1) is 20.3 Å². The number of methoxy groups -OCH3 is 2. The van der Waals surface area contributed by atoms with Gasteiger partial charge in [-0.3, -0.25) is 4.90 Å². The number of phenolic OH excluding ortho intramolecular Hbond substituents is 1. The van der Waals surface area contributed by atoms with Crippen molar-refractivity contribution < 1.29 is 24.5 Å². The molecule has 4 aliphatic rings. The van der Waals surface area contributed by atoms with Gasteiger partial charge in [0.25, 0.3) is 0 Å². The van der Waals surface area contributed by atoms with Crippen LogP contribution in [0.4, 0.5) is 0 Å². The highest BCUT2D eigenvalue weighted by Crippen LogP contribution is 2.60. The molecule has 0 aromatic heterocycles. The zero-order valence-electron chi connectivity index (χ0n) is 18.5. The minimum absolute atomic E-state index is 0.209. The van der Waals surface area contributed by atoms with Gasteiger partial charge in [0.1, 0.15) is 0 Å². The summed E-state index contributed by atoms with van der Waals surface area (Å²) in [5, 5.41) is 22.0. The van der Waals surface area contributed by atoms with Gasteiger partial charge >= 0.3 is 5.97 Å². The van der Waals surface area contributed by atoms with E-state index in [1.54, 1.807) is 13.2 Å². The number of carbonyl (C=O) groups excluding carboxylic acids is 1. The van der Waals surface area contributed by atoms with E-state index in [2.05, 4.69) is 4.90 Å². The van der Waals surface area contributed by atoms with E-state index in [1.165, 1.54) is 26.0 Å². The van der Waals surface area contributed by atoms with Crippen LogP contribution in [0.3, 0.4) is 0 Å². The molecule has 3 fully saturated rings. The summed E-state index contributed by atoms with van der Waals surface area (Å²) in [5.41, 5.74) is 2.69. The number of rotatable bonds is 5. The van der Waals surface area contributed by atoms with Crippen LogP contribution in [0.1, 0.15) is 55.2 Å². The highest BCUT2D eigenvalue weighted by Gasteiger charge is 2.57. The standard InChI is InChI=1S/C25H33NO5/c1-30-21-11-16(5-8-22(28)31-2)18-12-20-19-7-6-17(27)13-25(19,23(18)24(21)29)9-10-26(20)14-15-3-4-15/h5,8,11,15,17,19-20,27,29H,3-4,6-7,9-10,12-14H2,1-2H3/b8-5+/t17?,19?,20?,25-/m1/s1. The lowest BCUT2D eigenvalue weighted by Crippen LogP contribution is -2.62. The van der Waals surface area contributed by atoms with Gasteiger partial charge in [-0.25, -0.2) is 4.79 Å². The van der Waals surface area contributed by atoms with Crippen LogP contribution in [0.15, 0.2) is 12.1 Å². The van der Waals surface area contributed by atoms with Crippen LogP contribution in [-0.4, -0.2) is 60.5 Å². The third-order valence-corrected chi connectivity index (χ3v) is 8.23. The summed E-state index contributed by atoms with van der Waals surface area (Å²) in [7, 11) is 2.93. The van der Waals surface area contributed by atoms with Crippen LogP contribution in [-0.2, 0) is 21.4 Å². The molecule has 0 amide bonds. The van der Waals surface area contributed by atoms with Gasteiger partial charge in [-0.2, -0.15) is 0 Å². The number of likely N-dealkylation sites (tertiary alicyclic amines) is 1. The third kappa shape index (κ3) is 3.44. The number of ether oxygens (including phenoxy) is 2. The smallest absolute Gasteiger partial charge is 0.330 e. The maximum Gasteiger partial charge on any atom is 0.330 e. The topological polar surface area (TPSA) is 79.2 Å². The Morgan fingerprint density at radius 2 is 2.10 bits per heavy atom. The van der Waals surface area contributed by atoms with Crippen LogP contribution >= 0.6 is 0 Å². The van der Waals surface area contributed by atoms with Gasteiger partial charge in [0, 0.05) is 29.6 Å². The Bertz CT molecular complexity index is 908. The quantitative estimate of drug-likeness (QED) is 0.556. The molecule has 2 saturated carbocycles. The number of nitrogens with zero attached hydrogens (tertiary/aromatic N) is 1. The van der Waals surface area contributed by atoms with E-state index in [0.717, 1.165) is 61.4 Å². The molecule has 168 valence electrons. The first-order chi connectivity index (χ1) is 15.0. The van der Waals surface area contributed by atoms with Crippen molar-refractivity contribution in [2.75, 3.05) is 27.3 Å². The number of aromatic hydroxyl groups is 1. The highest BCUT2D eigenvalue weighted by molar-refractivity contribution is 5.87. The SMILES string of the molecule is COC(=O)/C=C/c1cc(OC)c(O)c2c1CC1C3CCC(O)C[C@@]23CCN1CC1CC1. The van der Waals surface area contributed by atoms with Crippen LogP contribution in [0.2, 0.25) is 0 Å².